The van der Waals surface area contributed by atoms with Gasteiger partial charge in [0.15, 0.2) is 12.2 Å². The highest BCUT2D eigenvalue weighted by Gasteiger charge is 2.52. The predicted molar refractivity (Wildman–Crippen MR) is 128 cm³/mol. The minimum atomic E-state index is -1.19. The van der Waals surface area contributed by atoms with E-state index >= 15 is 0 Å². The zero-order valence-electron chi connectivity index (χ0n) is 18.8. The van der Waals surface area contributed by atoms with Crippen LogP contribution in [-0.4, -0.2) is 53.0 Å². The van der Waals surface area contributed by atoms with Gasteiger partial charge in [0.2, 0.25) is 12.4 Å². The monoisotopic (exact) mass is 584 g/mol. The molecule has 1 saturated heterocycles. The number of hydrogen-bond donors (Lipinski definition) is 0. The van der Waals surface area contributed by atoms with E-state index in [1.54, 1.807) is 24.3 Å². The van der Waals surface area contributed by atoms with Crippen LogP contribution in [0.25, 0.3) is 0 Å². The van der Waals surface area contributed by atoms with Crippen molar-refractivity contribution in [3.05, 3.63) is 54.6 Å². The Kier molecular flexibility index (Phi) is 9.11. The van der Waals surface area contributed by atoms with Crippen molar-refractivity contribution in [3.8, 4) is 17.2 Å². The first-order valence-electron chi connectivity index (χ1n) is 10.5. The van der Waals surface area contributed by atoms with Gasteiger partial charge in [0.1, 0.15) is 23.4 Å². The second-order valence-corrected chi connectivity index (χ2v) is 8.31. The third-order valence-corrected chi connectivity index (χ3v) is 5.55. The van der Waals surface area contributed by atoms with E-state index in [1.165, 1.54) is 20.8 Å². The van der Waals surface area contributed by atoms with Crippen molar-refractivity contribution in [3.63, 3.8) is 0 Å². The average Bonchev–Trinajstić information content (AvgIpc) is 2.77. The molecule has 0 aromatic heterocycles. The summed E-state index contributed by atoms with van der Waals surface area (Å²) in [5, 5.41) is 0. The van der Waals surface area contributed by atoms with Crippen LogP contribution in [0.3, 0.4) is 0 Å². The smallest absolute Gasteiger partial charge is 0.303 e. The molecule has 0 spiro atoms. The summed E-state index contributed by atoms with van der Waals surface area (Å²) in [6.45, 7) is 3.66. The van der Waals surface area contributed by atoms with Crippen LogP contribution in [0.2, 0.25) is 0 Å². The molecular formula is C24H25IO9. The quantitative estimate of drug-likeness (QED) is 0.198. The number of alkyl halides is 1. The molecule has 9 nitrogen and oxygen atoms in total. The van der Waals surface area contributed by atoms with Crippen molar-refractivity contribution in [2.75, 3.05) is 4.43 Å². The fraction of sp³-hybridized carbons (Fsp3) is 0.375. The molecule has 0 bridgehead atoms. The summed E-state index contributed by atoms with van der Waals surface area (Å²) in [5.41, 5.74) is 0. The Morgan fingerprint density at radius 2 is 1.32 bits per heavy atom. The first-order valence-corrected chi connectivity index (χ1v) is 12.0. The van der Waals surface area contributed by atoms with E-state index < -0.39 is 48.6 Å². The van der Waals surface area contributed by atoms with E-state index in [0.29, 0.717) is 21.7 Å². The number of para-hydroxylation sites is 1. The van der Waals surface area contributed by atoms with Gasteiger partial charge >= 0.3 is 17.9 Å². The van der Waals surface area contributed by atoms with E-state index in [-0.39, 0.29) is 0 Å². The lowest BCUT2D eigenvalue weighted by molar-refractivity contribution is -0.279. The van der Waals surface area contributed by atoms with Crippen LogP contribution in [0.1, 0.15) is 20.8 Å². The van der Waals surface area contributed by atoms with E-state index in [4.69, 9.17) is 28.4 Å². The zero-order valence-corrected chi connectivity index (χ0v) is 21.0. The van der Waals surface area contributed by atoms with E-state index in [0.717, 1.165) is 0 Å². The summed E-state index contributed by atoms with van der Waals surface area (Å²) in [7, 11) is 0. The van der Waals surface area contributed by atoms with Crippen LogP contribution >= 0.6 is 22.6 Å². The molecule has 1 fully saturated rings. The summed E-state index contributed by atoms with van der Waals surface area (Å²) in [4.78, 5) is 35.4. The van der Waals surface area contributed by atoms with Crippen LogP contribution in [0.4, 0.5) is 0 Å². The summed E-state index contributed by atoms with van der Waals surface area (Å²) in [6, 6.07) is 16.1. The van der Waals surface area contributed by atoms with Crippen molar-refractivity contribution < 1.29 is 42.8 Å². The number of carbonyl (C=O) groups is 3. The maximum absolute atomic E-state index is 11.9. The Balaban J connectivity index is 1.89. The normalized spacial score (nSPS) is 23.9. The Bertz CT molecular complexity index is 997. The summed E-state index contributed by atoms with van der Waals surface area (Å²) in [6.07, 6.45) is -5.15. The van der Waals surface area contributed by atoms with Gasteiger partial charge in [0.05, 0.1) is 0 Å². The maximum atomic E-state index is 11.9. The van der Waals surface area contributed by atoms with E-state index in [2.05, 4.69) is 22.6 Å². The number of rotatable bonds is 8. The van der Waals surface area contributed by atoms with Crippen LogP contribution in [0, 0.1) is 0 Å². The molecule has 2 aromatic carbocycles. The predicted octanol–water partition coefficient (Wildman–Crippen LogP) is 3.81. The molecule has 0 unspecified atom stereocenters. The second-order valence-electron chi connectivity index (χ2n) is 7.43. The minimum Gasteiger partial charge on any atom is -0.461 e. The third-order valence-electron chi connectivity index (χ3n) is 4.69. The number of esters is 3. The van der Waals surface area contributed by atoms with Crippen molar-refractivity contribution in [1.29, 1.82) is 0 Å². The summed E-state index contributed by atoms with van der Waals surface area (Å²) in [5.74, 6) is -0.332. The highest BCUT2D eigenvalue weighted by Crippen LogP contribution is 2.33. The fourth-order valence-corrected chi connectivity index (χ4v) is 4.15. The van der Waals surface area contributed by atoms with Crippen molar-refractivity contribution >= 4 is 40.5 Å². The largest absolute Gasteiger partial charge is 0.461 e. The molecule has 5 atom stereocenters. The van der Waals surface area contributed by atoms with Gasteiger partial charge in [-0.1, -0.05) is 46.9 Å². The molecule has 182 valence electrons. The zero-order chi connectivity index (χ0) is 24.7. The Morgan fingerprint density at radius 3 is 1.94 bits per heavy atom. The van der Waals surface area contributed by atoms with Crippen molar-refractivity contribution in [2.24, 2.45) is 0 Å². The van der Waals surface area contributed by atoms with Crippen LogP contribution < -0.4 is 9.47 Å². The molecule has 0 amide bonds. The van der Waals surface area contributed by atoms with E-state index in [9.17, 15) is 14.4 Å². The molecule has 0 aliphatic carbocycles. The fourth-order valence-electron chi connectivity index (χ4n) is 3.44. The molecule has 1 heterocycles. The second kappa shape index (κ2) is 12.0. The topological polar surface area (TPSA) is 107 Å². The highest BCUT2D eigenvalue weighted by molar-refractivity contribution is 14.1. The Morgan fingerprint density at radius 1 is 0.765 bits per heavy atom. The Hall–Kier alpha value is -2.86. The van der Waals surface area contributed by atoms with Gasteiger partial charge in [0.25, 0.3) is 0 Å². The lowest BCUT2D eigenvalue weighted by Crippen LogP contribution is -2.63. The van der Waals surface area contributed by atoms with Gasteiger partial charge in [0, 0.05) is 31.3 Å². The van der Waals surface area contributed by atoms with Gasteiger partial charge in [-0.2, -0.15) is 0 Å². The molecule has 3 rings (SSSR count). The van der Waals surface area contributed by atoms with Crippen molar-refractivity contribution in [2.45, 2.75) is 51.5 Å². The van der Waals surface area contributed by atoms with Gasteiger partial charge < -0.3 is 28.4 Å². The molecule has 2 aromatic rings. The molecule has 0 N–H and O–H groups in total. The molecule has 0 saturated carbocycles. The summed E-state index contributed by atoms with van der Waals surface area (Å²) < 4.78 is 34.5. The lowest BCUT2D eigenvalue weighted by Gasteiger charge is -2.43. The van der Waals surface area contributed by atoms with Gasteiger partial charge in [-0.3, -0.25) is 14.4 Å². The van der Waals surface area contributed by atoms with Crippen LogP contribution in [0.15, 0.2) is 54.6 Å². The number of hydrogen-bond acceptors (Lipinski definition) is 9. The highest BCUT2D eigenvalue weighted by atomic mass is 127. The standard InChI is InChI=1S/C24H25IO9/c1-14(26)29-21-20(13-25)34-24(23(31-16(3)28)22(21)30-15(2)27)33-19-11-7-10-18(12-19)32-17-8-5-4-6-9-17/h4-12,20-24H,13H2,1-3H3/t20-,21+,22-,23-,24-/m0/s1. The van der Waals surface area contributed by atoms with Crippen molar-refractivity contribution in [1.82, 2.24) is 0 Å². The molecule has 0 radical (unpaired) electrons. The van der Waals surface area contributed by atoms with Gasteiger partial charge in [-0.15, -0.1) is 0 Å². The molecule has 1 aliphatic rings. The average molecular weight is 584 g/mol. The Labute approximate surface area is 210 Å². The van der Waals surface area contributed by atoms with Crippen LogP contribution in [0.5, 0.6) is 17.2 Å². The lowest BCUT2D eigenvalue weighted by atomic mass is 9.99. The summed E-state index contributed by atoms with van der Waals surface area (Å²) >= 11 is 2.06. The number of halogens is 1. The molecule has 10 heteroatoms. The minimum absolute atomic E-state index is 0.371. The number of ether oxygens (including phenoxy) is 6. The first kappa shape index (κ1) is 25.8. The SMILES string of the molecule is CC(=O)O[C@@H]1[C@H](OC(C)=O)[C@@H](Oc2cccc(Oc3ccccc3)c2)O[C@@H](CI)[C@H]1OC(C)=O. The maximum Gasteiger partial charge on any atom is 0.303 e. The van der Waals surface area contributed by atoms with E-state index in [1.807, 2.05) is 30.3 Å². The molecule has 34 heavy (non-hydrogen) atoms. The first-order chi connectivity index (χ1) is 16.3. The third kappa shape index (κ3) is 7.07. The number of benzene rings is 2. The van der Waals surface area contributed by atoms with Gasteiger partial charge in [-0.05, 0) is 24.3 Å². The van der Waals surface area contributed by atoms with Crippen LogP contribution in [-0.2, 0) is 33.3 Å². The van der Waals surface area contributed by atoms with Gasteiger partial charge in [-0.25, -0.2) is 0 Å². The molecular weight excluding hydrogens is 559 g/mol. The number of carbonyl (C=O) groups excluding carboxylic acids is 3. The molecule has 1 aliphatic heterocycles.